The van der Waals surface area contributed by atoms with E-state index in [0.717, 1.165) is 17.9 Å². The molecule has 0 spiro atoms. The van der Waals surface area contributed by atoms with E-state index in [4.69, 9.17) is 14.6 Å². The van der Waals surface area contributed by atoms with E-state index in [1.165, 1.54) is 12.8 Å². The maximum atomic E-state index is 10.6. The number of rotatable bonds is 10. The summed E-state index contributed by atoms with van der Waals surface area (Å²) < 4.78 is 11.1. The van der Waals surface area contributed by atoms with Crippen molar-refractivity contribution in [1.82, 2.24) is 0 Å². The standard InChI is InChI=1S/C16H24O4/c1-3-4-13(2)12-19-9-10-20-15-7-5-14(6-8-15)11-16(17)18/h5-8,13H,3-4,9-12H2,1-2H3,(H,17,18). The Morgan fingerprint density at radius 2 is 1.95 bits per heavy atom. The van der Waals surface area contributed by atoms with Crippen molar-refractivity contribution in [3.05, 3.63) is 29.8 Å². The van der Waals surface area contributed by atoms with Crippen molar-refractivity contribution < 1.29 is 19.4 Å². The van der Waals surface area contributed by atoms with Gasteiger partial charge in [0.25, 0.3) is 0 Å². The van der Waals surface area contributed by atoms with E-state index < -0.39 is 5.97 Å². The summed E-state index contributed by atoms with van der Waals surface area (Å²) in [5.74, 6) is 0.507. The molecule has 0 aliphatic heterocycles. The minimum Gasteiger partial charge on any atom is -0.491 e. The molecule has 0 bridgehead atoms. The molecule has 4 nitrogen and oxygen atoms in total. The average Bonchev–Trinajstić information content (AvgIpc) is 2.40. The molecule has 112 valence electrons. The van der Waals surface area contributed by atoms with Crippen LogP contribution in [0.15, 0.2) is 24.3 Å². The fourth-order valence-electron chi connectivity index (χ4n) is 1.96. The molecule has 1 rings (SSSR count). The molecule has 0 saturated heterocycles. The van der Waals surface area contributed by atoms with Gasteiger partial charge >= 0.3 is 5.97 Å². The molecule has 1 aromatic carbocycles. The normalized spacial score (nSPS) is 12.1. The third-order valence-corrected chi connectivity index (χ3v) is 2.96. The van der Waals surface area contributed by atoms with Crippen molar-refractivity contribution in [3.8, 4) is 5.75 Å². The highest BCUT2D eigenvalue weighted by Gasteiger charge is 2.02. The van der Waals surface area contributed by atoms with Crippen LogP contribution in [0.4, 0.5) is 0 Å². The highest BCUT2D eigenvalue weighted by atomic mass is 16.5. The van der Waals surface area contributed by atoms with Crippen molar-refractivity contribution in [2.45, 2.75) is 33.1 Å². The number of carboxylic acids is 1. The monoisotopic (exact) mass is 280 g/mol. The molecule has 4 heteroatoms. The number of hydrogen-bond donors (Lipinski definition) is 1. The number of aliphatic carboxylic acids is 1. The zero-order valence-corrected chi connectivity index (χ0v) is 12.3. The Bertz CT molecular complexity index is 386. The Labute approximate surface area is 120 Å². The Morgan fingerprint density at radius 1 is 1.25 bits per heavy atom. The maximum Gasteiger partial charge on any atom is 0.307 e. The Kier molecular flexibility index (Phi) is 7.73. The number of benzene rings is 1. The van der Waals surface area contributed by atoms with Gasteiger partial charge in [-0.3, -0.25) is 4.79 Å². The summed E-state index contributed by atoms with van der Waals surface area (Å²) in [6, 6.07) is 7.12. The number of ether oxygens (including phenoxy) is 2. The van der Waals surface area contributed by atoms with E-state index >= 15 is 0 Å². The van der Waals surface area contributed by atoms with Crippen molar-refractivity contribution in [2.24, 2.45) is 5.92 Å². The van der Waals surface area contributed by atoms with Crippen LogP contribution in [0.25, 0.3) is 0 Å². The highest BCUT2D eigenvalue weighted by Crippen LogP contribution is 2.12. The Hall–Kier alpha value is -1.55. The van der Waals surface area contributed by atoms with Crippen molar-refractivity contribution in [3.63, 3.8) is 0 Å². The van der Waals surface area contributed by atoms with Crippen molar-refractivity contribution in [1.29, 1.82) is 0 Å². The molecule has 1 N–H and O–H groups in total. The lowest BCUT2D eigenvalue weighted by Gasteiger charge is -2.11. The predicted octanol–water partition coefficient (Wildman–Crippen LogP) is 3.15. The van der Waals surface area contributed by atoms with E-state index in [1.807, 2.05) is 0 Å². The molecule has 0 heterocycles. The molecule has 0 fully saturated rings. The summed E-state index contributed by atoms with van der Waals surface area (Å²) in [5, 5.41) is 8.67. The summed E-state index contributed by atoms with van der Waals surface area (Å²) in [6.45, 7) is 6.22. The summed E-state index contributed by atoms with van der Waals surface area (Å²) in [4.78, 5) is 10.6. The number of carboxylic acid groups (broad SMARTS) is 1. The topological polar surface area (TPSA) is 55.8 Å². The lowest BCUT2D eigenvalue weighted by molar-refractivity contribution is -0.136. The van der Waals surface area contributed by atoms with Gasteiger partial charge in [-0.25, -0.2) is 0 Å². The van der Waals surface area contributed by atoms with E-state index in [1.54, 1.807) is 24.3 Å². The number of hydrogen-bond acceptors (Lipinski definition) is 3. The molecule has 0 aliphatic rings. The first-order chi connectivity index (χ1) is 9.61. The fraction of sp³-hybridized carbons (Fsp3) is 0.562. The first-order valence-electron chi connectivity index (χ1n) is 7.13. The van der Waals surface area contributed by atoms with E-state index in [9.17, 15) is 4.79 Å². The lowest BCUT2D eigenvalue weighted by Crippen LogP contribution is -2.11. The Morgan fingerprint density at radius 3 is 2.55 bits per heavy atom. The first kappa shape index (κ1) is 16.5. The van der Waals surface area contributed by atoms with Gasteiger partial charge in [0, 0.05) is 6.61 Å². The molecule has 20 heavy (non-hydrogen) atoms. The van der Waals surface area contributed by atoms with Crippen molar-refractivity contribution in [2.75, 3.05) is 19.8 Å². The van der Waals surface area contributed by atoms with Gasteiger partial charge in [0.1, 0.15) is 12.4 Å². The third-order valence-electron chi connectivity index (χ3n) is 2.96. The van der Waals surface area contributed by atoms with Gasteiger partial charge < -0.3 is 14.6 Å². The van der Waals surface area contributed by atoms with Crippen LogP contribution in [0.3, 0.4) is 0 Å². The lowest BCUT2D eigenvalue weighted by atomic mass is 10.1. The van der Waals surface area contributed by atoms with Gasteiger partial charge in [0.15, 0.2) is 0 Å². The molecule has 1 aromatic rings. The van der Waals surface area contributed by atoms with Crippen LogP contribution in [-0.2, 0) is 16.0 Å². The fourth-order valence-corrected chi connectivity index (χ4v) is 1.96. The van der Waals surface area contributed by atoms with Crippen molar-refractivity contribution >= 4 is 5.97 Å². The second-order valence-corrected chi connectivity index (χ2v) is 5.03. The van der Waals surface area contributed by atoms with Crippen LogP contribution >= 0.6 is 0 Å². The molecule has 0 aromatic heterocycles. The van der Waals surface area contributed by atoms with Gasteiger partial charge in [-0.05, 0) is 30.0 Å². The SMILES string of the molecule is CCCC(C)COCCOc1ccc(CC(=O)O)cc1. The molecule has 0 radical (unpaired) electrons. The molecule has 0 saturated carbocycles. The van der Waals surface area contributed by atoms with E-state index in [0.29, 0.717) is 19.1 Å². The van der Waals surface area contributed by atoms with Gasteiger partial charge in [-0.15, -0.1) is 0 Å². The second kappa shape index (κ2) is 9.37. The average molecular weight is 280 g/mol. The minimum atomic E-state index is -0.826. The summed E-state index contributed by atoms with van der Waals surface area (Å²) in [6.07, 6.45) is 2.41. The van der Waals surface area contributed by atoms with Crippen LogP contribution in [-0.4, -0.2) is 30.9 Å². The molecule has 1 atom stereocenters. The van der Waals surface area contributed by atoms with Gasteiger partial charge in [-0.2, -0.15) is 0 Å². The highest BCUT2D eigenvalue weighted by molar-refractivity contribution is 5.70. The van der Waals surface area contributed by atoms with Crippen LogP contribution in [0.2, 0.25) is 0 Å². The zero-order valence-electron chi connectivity index (χ0n) is 12.3. The summed E-state index contributed by atoms with van der Waals surface area (Å²) >= 11 is 0. The van der Waals surface area contributed by atoms with Crippen LogP contribution in [0.1, 0.15) is 32.3 Å². The summed E-state index contributed by atoms with van der Waals surface area (Å²) in [5.41, 5.74) is 0.773. The quantitative estimate of drug-likeness (QED) is 0.669. The van der Waals surface area contributed by atoms with Gasteiger partial charge in [-0.1, -0.05) is 32.4 Å². The molecular formula is C16H24O4. The summed E-state index contributed by atoms with van der Waals surface area (Å²) in [7, 11) is 0. The van der Waals surface area contributed by atoms with E-state index in [2.05, 4.69) is 13.8 Å². The number of carbonyl (C=O) groups is 1. The van der Waals surface area contributed by atoms with E-state index in [-0.39, 0.29) is 6.42 Å². The molecular weight excluding hydrogens is 256 g/mol. The van der Waals surface area contributed by atoms with Gasteiger partial charge in [0.05, 0.1) is 13.0 Å². The predicted molar refractivity (Wildman–Crippen MR) is 78.2 cm³/mol. The molecule has 0 amide bonds. The maximum absolute atomic E-state index is 10.6. The smallest absolute Gasteiger partial charge is 0.307 e. The third kappa shape index (κ3) is 7.14. The van der Waals surface area contributed by atoms with Gasteiger partial charge in [0.2, 0.25) is 0 Å². The minimum absolute atomic E-state index is 0.0404. The van der Waals surface area contributed by atoms with Crippen LogP contribution in [0.5, 0.6) is 5.75 Å². The second-order valence-electron chi connectivity index (χ2n) is 5.03. The Balaban J connectivity index is 2.17. The van der Waals surface area contributed by atoms with Crippen LogP contribution < -0.4 is 4.74 Å². The molecule has 1 unspecified atom stereocenters. The largest absolute Gasteiger partial charge is 0.491 e. The molecule has 0 aliphatic carbocycles. The van der Waals surface area contributed by atoms with Crippen LogP contribution in [0, 0.1) is 5.92 Å². The zero-order chi connectivity index (χ0) is 14.8. The first-order valence-corrected chi connectivity index (χ1v) is 7.13.